The molecule has 1 unspecified atom stereocenters. The third-order valence-electron chi connectivity index (χ3n) is 3.42. The van der Waals surface area contributed by atoms with Crippen LogP contribution in [0.4, 0.5) is 4.79 Å². The van der Waals surface area contributed by atoms with Gasteiger partial charge in [-0.25, -0.2) is 4.79 Å². The van der Waals surface area contributed by atoms with Gasteiger partial charge in [0.25, 0.3) is 0 Å². The van der Waals surface area contributed by atoms with Gasteiger partial charge in [-0.05, 0) is 54.8 Å². The highest BCUT2D eigenvalue weighted by Crippen LogP contribution is 2.27. The number of carbonyl (C=O) groups is 1. The Hall–Kier alpha value is -0.780. The van der Waals surface area contributed by atoms with Crippen LogP contribution >= 0.6 is 27.5 Å². The van der Waals surface area contributed by atoms with E-state index in [1.807, 2.05) is 39.0 Å². The van der Waals surface area contributed by atoms with Crippen molar-refractivity contribution in [3.63, 3.8) is 0 Å². The van der Waals surface area contributed by atoms with E-state index in [9.17, 15) is 4.79 Å². The molecule has 1 aromatic rings. The zero-order valence-electron chi connectivity index (χ0n) is 13.2. The van der Waals surface area contributed by atoms with Crippen molar-refractivity contribution in [1.82, 2.24) is 10.2 Å². The average Bonchev–Trinajstić information content (AvgIpc) is 2.80. The van der Waals surface area contributed by atoms with Crippen molar-refractivity contribution in [3.8, 4) is 0 Å². The zero-order valence-corrected chi connectivity index (χ0v) is 15.5. The molecule has 0 aliphatic carbocycles. The normalized spacial score (nSPS) is 19.2. The number of nitrogens with one attached hydrogen (secondary N) is 1. The smallest absolute Gasteiger partial charge is 0.407 e. The molecule has 0 radical (unpaired) electrons. The van der Waals surface area contributed by atoms with Gasteiger partial charge in [0.1, 0.15) is 5.60 Å². The molecule has 1 heterocycles. The molecule has 122 valence electrons. The molecule has 2 rings (SSSR count). The number of carbonyl (C=O) groups excluding carboxylic acids is 1. The lowest BCUT2D eigenvalue weighted by Crippen LogP contribution is -2.40. The summed E-state index contributed by atoms with van der Waals surface area (Å²) in [5.41, 5.74) is 0.626. The van der Waals surface area contributed by atoms with Crippen LogP contribution in [0.3, 0.4) is 0 Å². The topological polar surface area (TPSA) is 41.6 Å². The monoisotopic (exact) mass is 388 g/mol. The molecule has 0 aromatic heterocycles. The number of likely N-dealkylation sites (tertiary alicyclic amines) is 1. The Balaban J connectivity index is 1.85. The summed E-state index contributed by atoms with van der Waals surface area (Å²) in [5, 5.41) is 3.69. The largest absolute Gasteiger partial charge is 0.444 e. The summed E-state index contributed by atoms with van der Waals surface area (Å²) in [6.07, 6.45) is 0.574. The summed E-state index contributed by atoms with van der Waals surface area (Å²) in [6.45, 7) is 8.12. The van der Waals surface area contributed by atoms with Gasteiger partial charge in [0.15, 0.2) is 0 Å². The molecule has 1 atom stereocenters. The number of amides is 1. The highest BCUT2D eigenvalue weighted by Gasteiger charge is 2.26. The minimum atomic E-state index is -0.466. The third-order valence-corrected chi connectivity index (χ3v) is 4.75. The lowest BCUT2D eigenvalue weighted by Gasteiger charge is -2.22. The molecular weight excluding hydrogens is 368 g/mol. The standard InChI is InChI=1S/C16H22BrClN2O2/c1-16(2,3)22-15(21)19-12-7-8-20(10-12)9-11-5-4-6-13(17)14(11)18/h4-6,12H,7-10H2,1-3H3,(H,19,21). The van der Waals surface area contributed by atoms with Crippen molar-refractivity contribution in [2.24, 2.45) is 0 Å². The summed E-state index contributed by atoms with van der Waals surface area (Å²) in [4.78, 5) is 14.1. The van der Waals surface area contributed by atoms with E-state index in [0.29, 0.717) is 0 Å². The number of hydrogen-bond donors (Lipinski definition) is 1. The van der Waals surface area contributed by atoms with Crippen molar-refractivity contribution in [3.05, 3.63) is 33.3 Å². The molecule has 1 saturated heterocycles. The number of benzene rings is 1. The second-order valence-electron chi connectivity index (χ2n) is 6.58. The lowest BCUT2D eigenvalue weighted by molar-refractivity contribution is 0.0506. The van der Waals surface area contributed by atoms with Crippen LogP contribution in [-0.4, -0.2) is 35.7 Å². The van der Waals surface area contributed by atoms with Gasteiger partial charge >= 0.3 is 6.09 Å². The average molecular weight is 390 g/mol. The van der Waals surface area contributed by atoms with Gasteiger partial charge in [0.2, 0.25) is 0 Å². The quantitative estimate of drug-likeness (QED) is 0.842. The number of hydrogen-bond acceptors (Lipinski definition) is 3. The first-order chi connectivity index (χ1) is 10.2. The zero-order chi connectivity index (χ0) is 16.3. The number of nitrogens with zero attached hydrogens (tertiary/aromatic N) is 1. The van der Waals surface area contributed by atoms with Gasteiger partial charge in [-0.15, -0.1) is 0 Å². The highest BCUT2D eigenvalue weighted by atomic mass is 79.9. The lowest BCUT2D eigenvalue weighted by atomic mass is 10.2. The minimum absolute atomic E-state index is 0.126. The van der Waals surface area contributed by atoms with E-state index in [2.05, 4.69) is 26.1 Å². The Kier molecular flexibility index (Phi) is 5.75. The van der Waals surface area contributed by atoms with Crippen LogP contribution in [0.25, 0.3) is 0 Å². The van der Waals surface area contributed by atoms with Crippen molar-refractivity contribution < 1.29 is 9.53 Å². The first-order valence-corrected chi connectivity index (χ1v) is 8.56. The SMILES string of the molecule is CC(C)(C)OC(=O)NC1CCN(Cc2cccc(Br)c2Cl)C1. The highest BCUT2D eigenvalue weighted by molar-refractivity contribution is 9.10. The first kappa shape index (κ1) is 17.6. The molecule has 0 saturated carbocycles. The van der Waals surface area contributed by atoms with Crippen LogP contribution in [-0.2, 0) is 11.3 Å². The minimum Gasteiger partial charge on any atom is -0.444 e. The fourth-order valence-electron chi connectivity index (χ4n) is 2.48. The van der Waals surface area contributed by atoms with Gasteiger partial charge in [-0.2, -0.15) is 0 Å². The van der Waals surface area contributed by atoms with Gasteiger partial charge in [0.05, 0.1) is 5.02 Å². The molecule has 4 nitrogen and oxygen atoms in total. The molecule has 1 aliphatic heterocycles. The van der Waals surface area contributed by atoms with Gasteiger partial charge in [-0.1, -0.05) is 23.7 Å². The van der Waals surface area contributed by atoms with Crippen LogP contribution in [0.1, 0.15) is 32.8 Å². The van der Waals surface area contributed by atoms with Gasteiger partial charge < -0.3 is 10.1 Å². The number of rotatable bonds is 3. The van der Waals surface area contributed by atoms with E-state index >= 15 is 0 Å². The molecule has 1 fully saturated rings. The van der Waals surface area contributed by atoms with E-state index in [-0.39, 0.29) is 12.1 Å². The van der Waals surface area contributed by atoms with Crippen molar-refractivity contribution in [2.75, 3.05) is 13.1 Å². The number of ether oxygens (including phenoxy) is 1. The van der Waals surface area contributed by atoms with Crippen molar-refractivity contribution in [1.29, 1.82) is 0 Å². The number of alkyl carbamates (subject to hydrolysis) is 1. The van der Waals surface area contributed by atoms with Crippen LogP contribution < -0.4 is 5.32 Å². The summed E-state index contributed by atoms with van der Waals surface area (Å²) in [6, 6.07) is 6.07. The maximum atomic E-state index is 11.8. The molecular formula is C16H22BrClN2O2. The summed E-state index contributed by atoms with van der Waals surface area (Å²) >= 11 is 9.75. The van der Waals surface area contributed by atoms with Gasteiger partial charge in [0, 0.05) is 30.1 Å². The molecule has 1 N–H and O–H groups in total. The second kappa shape index (κ2) is 7.20. The van der Waals surface area contributed by atoms with Crippen LogP contribution in [0.5, 0.6) is 0 Å². The fourth-order valence-corrected chi connectivity index (χ4v) is 3.07. The Morgan fingerprint density at radius 2 is 2.23 bits per heavy atom. The summed E-state index contributed by atoms with van der Waals surface area (Å²) in [7, 11) is 0. The molecule has 0 bridgehead atoms. The fraction of sp³-hybridized carbons (Fsp3) is 0.562. The number of halogens is 2. The Labute approximate surface area is 145 Å². The second-order valence-corrected chi connectivity index (χ2v) is 7.81. The predicted octanol–water partition coefficient (Wildman–Crippen LogP) is 4.20. The molecule has 1 aromatic carbocycles. The molecule has 1 amide bonds. The Bertz CT molecular complexity index is 545. The van der Waals surface area contributed by atoms with Crippen LogP contribution in [0.15, 0.2) is 22.7 Å². The van der Waals surface area contributed by atoms with Crippen LogP contribution in [0, 0.1) is 0 Å². The van der Waals surface area contributed by atoms with Crippen molar-refractivity contribution in [2.45, 2.75) is 45.4 Å². The Morgan fingerprint density at radius 1 is 1.50 bits per heavy atom. The van der Waals surface area contributed by atoms with E-state index in [4.69, 9.17) is 16.3 Å². The first-order valence-electron chi connectivity index (χ1n) is 7.39. The van der Waals surface area contributed by atoms with E-state index in [1.165, 1.54) is 0 Å². The molecule has 22 heavy (non-hydrogen) atoms. The molecule has 0 spiro atoms. The van der Waals surface area contributed by atoms with E-state index in [1.54, 1.807) is 0 Å². The van der Waals surface area contributed by atoms with E-state index in [0.717, 1.165) is 41.1 Å². The van der Waals surface area contributed by atoms with Gasteiger partial charge in [-0.3, -0.25) is 4.90 Å². The predicted molar refractivity (Wildman–Crippen MR) is 92.2 cm³/mol. The summed E-state index contributed by atoms with van der Waals surface area (Å²) in [5.74, 6) is 0. The molecule has 6 heteroatoms. The maximum Gasteiger partial charge on any atom is 0.407 e. The third kappa shape index (κ3) is 5.14. The molecule has 1 aliphatic rings. The van der Waals surface area contributed by atoms with E-state index < -0.39 is 5.60 Å². The Morgan fingerprint density at radius 3 is 2.91 bits per heavy atom. The summed E-state index contributed by atoms with van der Waals surface area (Å²) < 4.78 is 6.20. The maximum absolute atomic E-state index is 11.8. The van der Waals surface area contributed by atoms with Crippen molar-refractivity contribution >= 4 is 33.6 Å². The van der Waals surface area contributed by atoms with Crippen LogP contribution in [0.2, 0.25) is 5.02 Å².